The highest BCUT2D eigenvalue weighted by Crippen LogP contribution is 2.37. The van der Waals surface area contributed by atoms with E-state index in [1.807, 2.05) is 0 Å². The van der Waals surface area contributed by atoms with E-state index in [1.54, 1.807) is 14.2 Å². The Hall–Kier alpha value is -1.22. The molecule has 0 radical (unpaired) electrons. The van der Waals surface area contributed by atoms with Crippen molar-refractivity contribution < 1.29 is 9.47 Å². The smallest absolute Gasteiger partial charge is 0.161 e. The van der Waals surface area contributed by atoms with Crippen LogP contribution in [0.1, 0.15) is 25.0 Å². The van der Waals surface area contributed by atoms with E-state index in [9.17, 15) is 0 Å². The molecule has 0 bridgehead atoms. The van der Waals surface area contributed by atoms with Gasteiger partial charge in [0.1, 0.15) is 0 Å². The van der Waals surface area contributed by atoms with Gasteiger partial charge in [-0.1, -0.05) is 13.8 Å². The van der Waals surface area contributed by atoms with E-state index in [2.05, 4.69) is 31.3 Å². The van der Waals surface area contributed by atoms with E-state index >= 15 is 0 Å². The van der Waals surface area contributed by atoms with Crippen molar-refractivity contribution in [2.45, 2.75) is 25.8 Å². The van der Waals surface area contributed by atoms with Crippen LogP contribution in [0, 0.1) is 0 Å². The van der Waals surface area contributed by atoms with Crippen LogP contribution in [0.15, 0.2) is 12.1 Å². The maximum absolute atomic E-state index is 5.35. The third kappa shape index (κ3) is 1.76. The quantitative estimate of drug-likeness (QED) is 0.829. The summed E-state index contributed by atoms with van der Waals surface area (Å²) >= 11 is 0. The Balaban J connectivity index is 2.55. The molecule has 1 aliphatic heterocycles. The summed E-state index contributed by atoms with van der Waals surface area (Å²) in [6, 6.07) is 4.18. The molecule has 3 heteroatoms. The molecule has 1 aromatic carbocycles. The summed E-state index contributed by atoms with van der Waals surface area (Å²) in [6.07, 6.45) is 0. The Bertz CT molecular complexity index is 399. The van der Waals surface area contributed by atoms with Crippen molar-refractivity contribution in [2.24, 2.45) is 0 Å². The largest absolute Gasteiger partial charge is 0.493 e. The molecule has 0 spiro atoms. The van der Waals surface area contributed by atoms with Crippen molar-refractivity contribution in [1.29, 1.82) is 0 Å². The number of ether oxygens (including phenoxy) is 2. The zero-order valence-electron chi connectivity index (χ0n) is 10.4. The molecule has 1 heterocycles. The number of methoxy groups -OCH3 is 2. The average molecular weight is 221 g/mol. The van der Waals surface area contributed by atoms with Crippen LogP contribution in [0.25, 0.3) is 0 Å². The summed E-state index contributed by atoms with van der Waals surface area (Å²) in [4.78, 5) is 0. The van der Waals surface area contributed by atoms with Crippen LogP contribution < -0.4 is 14.8 Å². The first-order valence-electron chi connectivity index (χ1n) is 5.54. The lowest BCUT2D eigenvalue weighted by atomic mass is 9.79. The Morgan fingerprint density at radius 2 is 1.75 bits per heavy atom. The summed E-state index contributed by atoms with van der Waals surface area (Å²) < 4.78 is 10.7. The number of nitrogens with one attached hydrogen (secondary N) is 1. The lowest BCUT2D eigenvalue weighted by Crippen LogP contribution is -2.38. The Morgan fingerprint density at radius 1 is 1.12 bits per heavy atom. The summed E-state index contributed by atoms with van der Waals surface area (Å²) in [5.74, 6) is 1.62. The highest BCUT2D eigenvalue weighted by molar-refractivity contribution is 5.50. The van der Waals surface area contributed by atoms with E-state index in [1.165, 1.54) is 11.1 Å². The van der Waals surface area contributed by atoms with Gasteiger partial charge in [-0.15, -0.1) is 0 Å². The number of benzene rings is 1. The second-order valence-electron chi connectivity index (χ2n) is 4.85. The van der Waals surface area contributed by atoms with Gasteiger partial charge in [0.05, 0.1) is 14.2 Å². The molecule has 0 aliphatic carbocycles. The van der Waals surface area contributed by atoms with Gasteiger partial charge < -0.3 is 14.8 Å². The first-order chi connectivity index (χ1) is 7.58. The van der Waals surface area contributed by atoms with E-state index in [-0.39, 0.29) is 5.41 Å². The van der Waals surface area contributed by atoms with Gasteiger partial charge in [0, 0.05) is 18.5 Å². The van der Waals surface area contributed by atoms with Gasteiger partial charge >= 0.3 is 0 Å². The molecule has 0 saturated heterocycles. The van der Waals surface area contributed by atoms with Crippen LogP contribution in [0.4, 0.5) is 0 Å². The van der Waals surface area contributed by atoms with Crippen molar-refractivity contribution in [3.63, 3.8) is 0 Å². The molecule has 0 saturated carbocycles. The fraction of sp³-hybridized carbons (Fsp3) is 0.538. The van der Waals surface area contributed by atoms with Gasteiger partial charge in [-0.2, -0.15) is 0 Å². The summed E-state index contributed by atoms with van der Waals surface area (Å²) in [5.41, 5.74) is 2.80. The second kappa shape index (κ2) is 3.98. The van der Waals surface area contributed by atoms with Crippen molar-refractivity contribution in [1.82, 2.24) is 5.32 Å². The molecular formula is C13H19NO2. The SMILES string of the molecule is COc1cc2c(cc1OC)C(C)(C)CNC2. The lowest BCUT2D eigenvalue weighted by molar-refractivity contribution is 0.349. The van der Waals surface area contributed by atoms with Crippen molar-refractivity contribution in [3.8, 4) is 11.5 Å². The maximum atomic E-state index is 5.35. The monoisotopic (exact) mass is 221 g/mol. The first kappa shape index (κ1) is 11.3. The topological polar surface area (TPSA) is 30.5 Å². The van der Waals surface area contributed by atoms with Gasteiger partial charge in [-0.05, 0) is 23.3 Å². The van der Waals surface area contributed by atoms with Gasteiger partial charge in [0.2, 0.25) is 0 Å². The van der Waals surface area contributed by atoms with Gasteiger partial charge in [-0.3, -0.25) is 0 Å². The van der Waals surface area contributed by atoms with Crippen molar-refractivity contribution in [2.75, 3.05) is 20.8 Å². The van der Waals surface area contributed by atoms with Crippen LogP contribution in [-0.2, 0) is 12.0 Å². The molecule has 1 aliphatic rings. The minimum Gasteiger partial charge on any atom is -0.493 e. The summed E-state index contributed by atoms with van der Waals surface area (Å²) in [5, 5.41) is 3.42. The molecule has 0 atom stereocenters. The van der Waals surface area contributed by atoms with E-state index in [4.69, 9.17) is 9.47 Å². The highest BCUT2D eigenvalue weighted by Gasteiger charge is 2.28. The molecule has 1 aromatic rings. The molecule has 16 heavy (non-hydrogen) atoms. The number of hydrogen-bond acceptors (Lipinski definition) is 3. The number of fused-ring (bicyclic) bond motifs is 1. The number of rotatable bonds is 2. The van der Waals surface area contributed by atoms with Crippen LogP contribution in [0.3, 0.4) is 0 Å². The Kier molecular flexibility index (Phi) is 2.80. The minimum absolute atomic E-state index is 0.146. The lowest BCUT2D eigenvalue weighted by Gasteiger charge is -2.33. The fourth-order valence-electron chi connectivity index (χ4n) is 2.30. The summed E-state index contributed by atoms with van der Waals surface area (Å²) in [7, 11) is 3.35. The molecule has 2 rings (SSSR count). The molecule has 88 valence electrons. The predicted octanol–water partition coefficient (Wildman–Crippen LogP) is 2.08. The zero-order valence-corrected chi connectivity index (χ0v) is 10.4. The molecule has 3 nitrogen and oxygen atoms in total. The Labute approximate surface area is 96.8 Å². The fourth-order valence-corrected chi connectivity index (χ4v) is 2.30. The van der Waals surface area contributed by atoms with Crippen molar-refractivity contribution in [3.05, 3.63) is 23.3 Å². The first-order valence-corrected chi connectivity index (χ1v) is 5.54. The molecule has 0 aromatic heterocycles. The van der Waals surface area contributed by atoms with Gasteiger partial charge in [-0.25, -0.2) is 0 Å². The number of hydrogen-bond donors (Lipinski definition) is 1. The standard InChI is InChI=1S/C13H19NO2/c1-13(2)8-14-7-9-5-11(15-3)12(16-4)6-10(9)13/h5-6,14H,7-8H2,1-4H3. The Morgan fingerprint density at radius 3 is 2.38 bits per heavy atom. The van der Waals surface area contributed by atoms with E-state index in [0.717, 1.165) is 24.6 Å². The molecule has 0 unspecified atom stereocenters. The molecule has 0 fully saturated rings. The molecule has 0 amide bonds. The van der Waals surface area contributed by atoms with Gasteiger partial charge in [0.15, 0.2) is 11.5 Å². The van der Waals surface area contributed by atoms with Crippen LogP contribution in [0.5, 0.6) is 11.5 Å². The highest BCUT2D eigenvalue weighted by atomic mass is 16.5. The third-order valence-electron chi connectivity index (χ3n) is 3.22. The van der Waals surface area contributed by atoms with E-state index < -0.39 is 0 Å². The second-order valence-corrected chi connectivity index (χ2v) is 4.85. The van der Waals surface area contributed by atoms with E-state index in [0.29, 0.717) is 0 Å². The van der Waals surface area contributed by atoms with Crippen molar-refractivity contribution >= 4 is 0 Å². The molecular weight excluding hydrogens is 202 g/mol. The van der Waals surface area contributed by atoms with Gasteiger partial charge in [0.25, 0.3) is 0 Å². The zero-order chi connectivity index (χ0) is 11.8. The summed E-state index contributed by atoms with van der Waals surface area (Å²) in [6.45, 7) is 6.38. The molecule has 1 N–H and O–H groups in total. The van der Waals surface area contributed by atoms with Crippen LogP contribution >= 0.6 is 0 Å². The minimum atomic E-state index is 0.146. The normalized spacial score (nSPS) is 17.8. The van der Waals surface area contributed by atoms with Crippen LogP contribution in [0.2, 0.25) is 0 Å². The average Bonchev–Trinajstić information content (AvgIpc) is 2.27. The third-order valence-corrected chi connectivity index (χ3v) is 3.22. The maximum Gasteiger partial charge on any atom is 0.161 e. The predicted molar refractivity (Wildman–Crippen MR) is 64.3 cm³/mol. The van der Waals surface area contributed by atoms with Crippen LogP contribution in [-0.4, -0.2) is 20.8 Å².